The van der Waals surface area contributed by atoms with Crippen molar-refractivity contribution in [3.63, 3.8) is 0 Å². The normalized spacial score (nSPS) is 11.0. The van der Waals surface area contributed by atoms with Crippen LogP contribution >= 0.6 is 12.8 Å². The molecule has 0 aliphatic carbocycles. The summed E-state index contributed by atoms with van der Waals surface area (Å²) < 4.78 is 0. The van der Waals surface area contributed by atoms with Crippen molar-refractivity contribution >= 4 is 55.9 Å². The summed E-state index contributed by atoms with van der Waals surface area (Å²) in [5.41, 5.74) is 12.3. The Morgan fingerprint density at radius 1 is 0.276 bits per heavy atom. The molecule has 0 aromatic heterocycles. The van der Waals surface area contributed by atoms with Gasteiger partial charge < -0.3 is 0 Å². The summed E-state index contributed by atoms with van der Waals surface area (Å²) in [5, 5.41) is 14.3. The van der Waals surface area contributed by atoms with Gasteiger partial charge in [-0.15, -0.1) is 12.8 Å². The Hall–Kier alpha value is -6.71. The molecule has 0 radical (unpaired) electrons. The van der Waals surface area contributed by atoms with E-state index in [0.29, 0.717) is 0 Å². The van der Waals surface area contributed by atoms with Crippen molar-refractivity contribution in [1.29, 1.82) is 0 Å². The van der Waals surface area contributed by atoms with Crippen LogP contribution in [0.1, 0.15) is 13.8 Å². The Morgan fingerprint density at radius 3 is 0.948 bits per heavy atom. The Balaban J connectivity index is 0.000000740. The van der Waals surface area contributed by atoms with Gasteiger partial charge in [0.15, 0.2) is 0 Å². The van der Waals surface area contributed by atoms with Crippen LogP contribution in [0, 0.1) is 0 Å². The molecule has 0 saturated heterocycles. The van der Waals surface area contributed by atoms with Gasteiger partial charge in [0, 0.05) is 0 Å². The summed E-state index contributed by atoms with van der Waals surface area (Å²) in [7, 11) is 0. The van der Waals surface area contributed by atoms with Gasteiger partial charge in [0.25, 0.3) is 0 Å². The van der Waals surface area contributed by atoms with Crippen molar-refractivity contribution in [2.75, 3.05) is 0 Å². The molecule has 2 N–H and O–H groups in total. The van der Waals surface area contributed by atoms with E-state index in [1.165, 1.54) is 98.7 Å². The average Bonchev–Trinajstić information content (AvgIpc) is 3.31. The monoisotopic (exact) mass is 763 g/mol. The molecule has 280 valence electrons. The molecule has 0 heterocycles. The fraction of sp³-hybridized carbons (Fsp3) is 0.0357. The highest BCUT2D eigenvalue weighted by molar-refractivity contribution is 7.77. The largest absolute Gasteiger partial charge is 0.281 e. The number of fused-ring (bicyclic) bond motifs is 4. The lowest BCUT2D eigenvalue weighted by atomic mass is 9.85. The third kappa shape index (κ3) is 7.69. The quantitative estimate of drug-likeness (QED) is 0.102. The molecule has 0 atom stereocenters. The van der Waals surface area contributed by atoms with Crippen LogP contribution in [0.15, 0.2) is 218 Å². The van der Waals surface area contributed by atoms with E-state index in [0.717, 1.165) is 0 Å². The third-order valence-corrected chi connectivity index (χ3v) is 10.9. The van der Waals surface area contributed by atoms with E-state index in [-0.39, 0.29) is 0 Å². The second-order valence-electron chi connectivity index (χ2n) is 14.4. The zero-order valence-corrected chi connectivity index (χ0v) is 33.7. The van der Waals surface area contributed by atoms with Crippen molar-refractivity contribution in [1.82, 2.24) is 0 Å². The highest BCUT2D eigenvalue weighted by Crippen LogP contribution is 2.45. The number of thiol groups is 1. The minimum absolute atomic E-state index is 1.21. The lowest BCUT2D eigenvalue weighted by Crippen LogP contribution is -1.91. The average molecular weight is 764 g/mol. The SMILES string of the molecule is C/C=C\C.NS.c1cc(-c2cccc(-c3ccc4ccccc4c3)c2)cc(-c2cccc(-c3c4ccccc4c(-c4ccc5ccccc5c4)c4ccccc34)c2)c1. The standard InChI is InChI=1S/C52H34.C4H8.H3NS/c1-3-14-37-30-44(28-26-35(37)12-1)42-19-10-17-40(32-42)39-16-9-18-41(31-39)43-20-11-21-45(34-43)51-47-22-5-7-24-49(47)52(50-25-8-6-23-48(50)51)46-29-27-36-13-2-4-15-38(36)33-46;1-3-4-2;1-2/h1-34H;3-4H,1-2H3;2H,1H2/b;4-3-;. The molecule has 58 heavy (non-hydrogen) atoms. The summed E-state index contributed by atoms with van der Waals surface area (Å²) in [6.07, 6.45) is 4.00. The first kappa shape index (κ1) is 38.2. The molecule has 2 heteroatoms. The molecule has 10 aromatic carbocycles. The molecule has 1 nitrogen and oxygen atoms in total. The van der Waals surface area contributed by atoms with Gasteiger partial charge in [-0.2, -0.15) is 0 Å². The van der Waals surface area contributed by atoms with E-state index in [2.05, 4.69) is 224 Å². The second-order valence-corrected chi connectivity index (χ2v) is 14.4. The predicted octanol–water partition coefficient (Wildman–Crippen LogP) is 16.0. The Kier molecular flexibility index (Phi) is 11.6. The number of allylic oxidation sites excluding steroid dienone is 2. The lowest BCUT2D eigenvalue weighted by molar-refractivity contribution is 1.58. The van der Waals surface area contributed by atoms with E-state index in [1.54, 1.807) is 0 Å². The van der Waals surface area contributed by atoms with Crippen LogP contribution in [-0.4, -0.2) is 0 Å². The van der Waals surface area contributed by atoms with Crippen molar-refractivity contribution in [2.24, 2.45) is 5.14 Å². The maximum atomic E-state index is 4.19. The van der Waals surface area contributed by atoms with Crippen LogP contribution in [0.4, 0.5) is 0 Å². The molecular formula is C56H45NS. The number of benzene rings is 10. The summed E-state index contributed by atoms with van der Waals surface area (Å²) >= 11 is 3.03. The molecule has 0 aliphatic rings. The van der Waals surface area contributed by atoms with Crippen LogP contribution in [0.2, 0.25) is 0 Å². The van der Waals surface area contributed by atoms with E-state index < -0.39 is 0 Å². The van der Waals surface area contributed by atoms with E-state index in [1.807, 2.05) is 26.0 Å². The summed E-state index contributed by atoms with van der Waals surface area (Å²) in [6, 6.07) is 75.6. The predicted molar refractivity (Wildman–Crippen MR) is 257 cm³/mol. The van der Waals surface area contributed by atoms with E-state index >= 15 is 0 Å². The fourth-order valence-electron chi connectivity index (χ4n) is 8.08. The molecule has 10 rings (SSSR count). The van der Waals surface area contributed by atoms with Gasteiger partial charge in [0.2, 0.25) is 0 Å². The van der Waals surface area contributed by atoms with Crippen molar-refractivity contribution in [2.45, 2.75) is 13.8 Å². The zero-order chi connectivity index (χ0) is 39.8. The molecular weight excluding hydrogens is 719 g/mol. The molecule has 0 saturated carbocycles. The molecule has 0 aliphatic heterocycles. The Morgan fingerprint density at radius 2 is 0.552 bits per heavy atom. The van der Waals surface area contributed by atoms with Crippen LogP contribution in [0.3, 0.4) is 0 Å². The first-order chi connectivity index (χ1) is 28.7. The van der Waals surface area contributed by atoms with Crippen LogP contribution < -0.4 is 5.14 Å². The smallest absolute Gasteiger partial charge is 0.00262 e. The second kappa shape index (κ2) is 17.6. The number of rotatable bonds is 5. The van der Waals surface area contributed by atoms with Gasteiger partial charge >= 0.3 is 0 Å². The van der Waals surface area contributed by atoms with Gasteiger partial charge in [-0.25, -0.2) is 0 Å². The molecule has 0 spiro atoms. The van der Waals surface area contributed by atoms with Crippen molar-refractivity contribution in [3.05, 3.63) is 218 Å². The first-order valence-corrected chi connectivity index (χ1v) is 20.3. The third-order valence-electron chi connectivity index (χ3n) is 10.9. The Bertz CT molecular complexity index is 3000. The van der Waals surface area contributed by atoms with Crippen LogP contribution in [0.25, 0.3) is 98.7 Å². The molecule has 0 fully saturated rings. The van der Waals surface area contributed by atoms with E-state index in [4.69, 9.17) is 0 Å². The van der Waals surface area contributed by atoms with Crippen LogP contribution in [-0.2, 0) is 0 Å². The summed E-state index contributed by atoms with van der Waals surface area (Å²) in [5.74, 6) is 0. The van der Waals surface area contributed by atoms with E-state index in [9.17, 15) is 0 Å². The summed E-state index contributed by atoms with van der Waals surface area (Å²) in [6.45, 7) is 4.00. The number of hydrogen-bond acceptors (Lipinski definition) is 2. The minimum atomic E-state index is 1.21. The number of hydrogen-bond donors (Lipinski definition) is 2. The van der Waals surface area contributed by atoms with Crippen molar-refractivity contribution < 1.29 is 0 Å². The summed E-state index contributed by atoms with van der Waals surface area (Å²) in [4.78, 5) is 0. The fourth-order valence-corrected chi connectivity index (χ4v) is 8.08. The number of nitrogens with two attached hydrogens (primary N) is 1. The highest BCUT2D eigenvalue weighted by Gasteiger charge is 2.17. The molecule has 0 amide bonds. The maximum absolute atomic E-state index is 4.19. The zero-order valence-electron chi connectivity index (χ0n) is 32.8. The maximum Gasteiger partial charge on any atom is -0.00262 e. The lowest BCUT2D eigenvalue weighted by Gasteiger charge is -2.18. The first-order valence-electron chi connectivity index (χ1n) is 19.7. The topological polar surface area (TPSA) is 26.0 Å². The highest BCUT2D eigenvalue weighted by atomic mass is 32.1. The Labute approximate surface area is 347 Å². The van der Waals surface area contributed by atoms with Gasteiger partial charge in [-0.1, -0.05) is 188 Å². The van der Waals surface area contributed by atoms with Crippen molar-refractivity contribution in [3.8, 4) is 55.6 Å². The molecule has 10 aromatic rings. The molecule has 0 unspecified atom stereocenters. The van der Waals surface area contributed by atoms with Gasteiger partial charge in [0.05, 0.1) is 0 Å². The van der Waals surface area contributed by atoms with Gasteiger partial charge in [-0.05, 0) is 143 Å². The molecule has 0 bridgehead atoms. The van der Waals surface area contributed by atoms with Gasteiger partial charge in [0.1, 0.15) is 0 Å². The van der Waals surface area contributed by atoms with Crippen LogP contribution in [0.5, 0.6) is 0 Å². The minimum Gasteiger partial charge on any atom is -0.281 e. The van der Waals surface area contributed by atoms with Gasteiger partial charge in [-0.3, -0.25) is 5.14 Å².